The summed E-state index contributed by atoms with van der Waals surface area (Å²) in [4.78, 5) is 135. The van der Waals surface area contributed by atoms with E-state index in [-0.39, 0.29) is 134 Å². The van der Waals surface area contributed by atoms with Crippen molar-refractivity contribution in [1.29, 1.82) is 0 Å². The van der Waals surface area contributed by atoms with E-state index in [1.807, 2.05) is 24.3 Å². The van der Waals surface area contributed by atoms with Crippen molar-refractivity contribution < 1.29 is 121 Å². The third-order valence-electron chi connectivity index (χ3n) is 17.3. The molecule has 0 spiro atoms. The van der Waals surface area contributed by atoms with E-state index in [9.17, 15) is 78.9 Å². The number of unbranched alkanes of at least 4 members (excludes halogenated alkanes) is 8. The average molecular weight is 1490 g/mol. The Morgan fingerprint density at radius 3 is 1.55 bits per heavy atom. The Morgan fingerprint density at radius 2 is 1.01 bits per heavy atom. The van der Waals surface area contributed by atoms with E-state index in [0.717, 1.165) is 50.5 Å². The quantitative estimate of drug-likeness (QED) is 0.0425. The van der Waals surface area contributed by atoms with E-state index in [1.165, 1.54) is 32.1 Å². The molecule has 2 amide bonds. The number of hydrogen-bond acceptors (Lipinski definition) is 21. The molecule has 3 aliphatic rings. The second-order valence-electron chi connectivity index (χ2n) is 24.6. The third kappa shape index (κ3) is 31.5. The van der Waals surface area contributed by atoms with Crippen LogP contribution in [0.25, 0.3) is 0 Å². The van der Waals surface area contributed by atoms with Crippen molar-refractivity contribution >= 4 is 77.3 Å². The maximum atomic E-state index is 12.6. The van der Waals surface area contributed by atoms with Gasteiger partial charge in [-0.2, -0.15) is 15.0 Å². The molecule has 4 heterocycles. The first-order valence-corrected chi connectivity index (χ1v) is 32.9. The first kappa shape index (κ1) is 80.1. The molecule has 0 radical (unpaired) electrons. The number of nitrogens with zero attached hydrogens (tertiary/aromatic N) is 10. The Kier molecular flexibility index (Phi) is 37.2. The number of hydrogen-bond donors (Lipinski definition) is 12. The largest absolute Gasteiger partial charge is 3.00 e. The number of aromatic nitrogens is 3. The molecule has 3 saturated heterocycles. The maximum Gasteiger partial charge on any atom is 3.00 e. The molecule has 532 valence electrons. The van der Waals surface area contributed by atoms with Crippen LogP contribution in [0.2, 0.25) is 0 Å². The number of carbonyl (C=O) groups is 9. The minimum absolute atomic E-state index is 0. The predicted molar refractivity (Wildman–Crippen MR) is 343 cm³/mol. The van der Waals surface area contributed by atoms with Gasteiger partial charge in [-0.3, -0.25) is 53.3 Å². The summed E-state index contributed by atoms with van der Waals surface area (Å²) in [5.41, 5.74) is 1.43. The maximum absolute atomic E-state index is 12.6. The van der Waals surface area contributed by atoms with E-state index in [0.29, 0.717) is 94.5 Å². The Balaban J connectivity index is 0.0000188. The van der Waals surface area contributed by atoms with Crippen LogP contribution in [-0.4, -0.2) is 276 Å². The van der Waals surface area contributed by atoms with Gasteiger partial charge in [-0.25, -0.2) is 14.4 Å². The molecule has 0 aliphatic carbocycles. The number of piperidine rings is 1. The normalized spacial score (nSPS) is 17.9. The Morgan fingerprint density at radius 1 is 0.511 bits per heavy atom. The zero-order chi connectivity index (χ0) is 67.7. The number of carbonyl (C=O) groups excluding carboxylic acids is 1. The van der Waals surface area contributed by atoms with Crippen molar-refractivity contribution in [3.05, 3.63) is 29.8 Å². The zero-order valence-electron chi connectivity index (χ0n) is 54.0. The SMILES string of the molecule is CCCCCCCCCCC(NCCCC[C@H](NC(=O)N[C@@H](CCC(=O)O)C(=O)O)C(=O)O)N1CCN(c2nc(Nc3ccc(CC4CN(CC(=O)O)CCN(CC(=O)O)CCN(CC(=O)O)CCN4CC(=O)O)cc3)nc(N3CCC(CCCC(=O)O)CC3)n2)CC1.[Lu+3]. The Labute approximate surface area is 578 Å². The number of piperazine rings is 1. The summed E-state index contributed by atoms with van der Waals surface area (Å²) in [6.45, 7) is 6.19. The molecular formula is C62H100LuN14O17+3. The van der Waals surface area contributed by atoms with Crippen molar-refractivity contribution in [3.8, 4) is 0 Å². The molecule has 31 nitrogen and oxygen atoms in total. The topological polar surface area (TPSA) is 425 Å². The van der Waals surface area contributed by atoms with Crippen LogP contribution in [0.5, 0.6) is 0 Å². The minimum Gasteiger partial charge on any atom is -0.481 e. The molecule has 94 heavy (non-hydrogen) atoms. The van der Waals surface area contributed by atoms with Crippen LogP contribution in [0, 0.1) is 42.8 Å². The van der Waals surface area contributed by atoms with Gasteiger partial charge in [-0.15, -0.1) is 0 Å². The number of carboxylic acids is 8. The van der Waals surface area contributed by atoms with Gasteiger partial charge in [0.25, 0.3) is 0 Å². The smallest absolute Gasteiger partial charge is 0.481 e. The van der Waals surface area contributed by atoms with Gasteiger partial charge < -0.3 is 71.9 Å². The number of urea groups is 1. The number of anilines is 4. The van der Waals surface area contributed by atoms with Gasteiger partial charge in [0, 0.05) is 110 Å². The number of rotatable bonds is 41. The molecule has 2 aromatic rings. The molecule has 2 unspecified atom stereocenters. The molecule has 3 aliphatic heterocycles. The first-order valence-electron chi connectivity index (χ1n) is 32.9. The molecule has 3 fully saturated rings. The average Bonchev–Trinajstić information content (AvgIpc) is 0.815. The summed E-state index contributed by atoms with van der Waals surface area (Å²) in [6, 6.07) is 3.04. The molecule has 12 N–H and O–H groups in total. The van der Waals surface area contributed by atoms with E-state index < -0.39 is 84.9 Å². The van der Waals surface area contributed by atoms with Crippen molar-refractivity contribution in [2.24, 2.45) is 5.92 Å². The van der Waals surface area contributed by atoms with Crippen LogP contribution in [0.1, 0.15) is 134 Å². The summed E-state index contributed by atoms with van der Waals surface area (Å²) in [5.74, 6) is -7.57. The number of nitrogens with one attached hydrogen (secondary N) is 4. The van der Waals surface area contributed by atoms with Gasteiger partial charge in [0.2, 0.25) is 17.8 Å². The number of benzene rings is 1. The summed E-state index contributed by atoms with van der Waals surface area (Å²) in [5, 5.41) is 88.7. The predicted octanol–water partition coefficient (Wildman–Crippen LogP) is 3.37. The molecule has 1 aromatic heterocycles. The number of carboxylic acid groups (broad SMARTS) is 8. The first-order chi connectivity index (χ1) is 44.5. The van der Waals surface area contributed by atoms with E-state index in [1.54, 1.807) is 19.6 Å². The molecule has 5 rings (SSSR count). The van der Waals surface area contributed by atoms with Gasteiger partial charge >= 0.3 is 90.7 Å². The van der Waals surface area contributed by atoms with Crippen LogP contribution in [0.4, 0.5) is 28.3 Å². The summed E-state index contributed by atoms with van der Waals surface area (Å²) < 4.78 is 0. The van der Waals surface area contributed by atoms with Crippen molar-refractivity contribution in [2.45, 2.75) is 160 Å². The second kappa shape index (κ2) is 43.7. The molecule has 1 aromatic carbocycles. The van der Waals surface area contributed by atoms with E-state index in [4.69, 9.17) is 20.1 Å². The molecular weight excluding hydrogens is 1390 g/mol. The fourth-order valence-electron chi connectivity index (χ4n) is 12.1. The Hall–Kier alpha value is -6.35. The van der Waals surface area contributed by atoms with E-state index >= 15 is 0 Å². The van der Waals surface area contributed by atoms with Gasteiger partial charge in [0.05, 0.1) is 32.3 Å². The summed E-state index contributed by atoms with van der Waals surface area (Å²) in [6.07, 6.45) is 13.8. The minimum atomic E-state index is -1.51. The number of amides is 2. The van der Waals surface area contributed by atoms with Crippen LogP contribution >= 0.6 is 0 Å². The Bertz CT molecular complexity index is 2690. The zero-order valence-corrected chi connectivity index (χ0v) is 55.7. The molecule has 0 saturated carbocycles. The monoisotopic (exact) mass is 1490 g/mol. The fraction of sp³-hybridized carbons (Fsp3) is 0.710. The van der Waals surface area contributed by atoms with Crippen molar-refractivity contribution in [3.63, 3.8) is 0 Å². The second-order valence-corrected chi connectivity index (χ2v) is 24.6. The summed E-state index contributed by atoms with van der Waals surface area (Å²) >= 11 is 0. The van der Waals surface area contributed by atoms with Crippen LogP contribution in [0.3, 0.4) is 0 Å². The van der Waals surface area contributed by atoms with Gasteiger partial charge in [0.15, 0.2) is 0 Å². The summed E-state index contributed by atoms with van der Waals surface area (Å²) in [7, 11) is 0. The van der Waals surface area contributed by atoms with Crippen LogP contribution in [0.15, 0.2) is 24.3 Å². The molecule has 0 bridgehead atoms. The molecule has 4 atom stereocenters. The van der Waals surface area contributed by atoms with Crippen LogP contribution in [-0.2, 0) is 44.8 Å². The van der Waals surface area contributed by atoms with E-state index in [2.05, 4.69) is 42.9 Å². The van der Waals surface area contributed by atoms with Gasteiger partial charge in [-0.05, 0) is 94.4 Å². The standard InChI is InChI=1S/C62H100N14O17.Lu/c1-2-3-4-5-6-7-8-9-15-50(63-25-11-10-14-48(57(89)90)65-62(93)66-49(58(91)92)21-22-52(79)80)73-34-36-75(37-35-73)61-68-59(67-60(69-61)74-26-23-44(24-27-74)13-12-16-51(77)78)64-46-19-17-45(18-20-46)38-47-39-72(42-55(85)86)31-30-70(40-53(81)82)28-29-71(41-54(83)84)32-33-76(47)43-56(87)88;/h17-20,44,47-50,63H,2-16,21-43H2,1H3,(H,77,78)(H,79,80)(H,81,82)(H,83,84)(H,85,86)(H,87,88)(H,89,90)(H,91,92)(H2,65,66,93)(H,64,67,68,69);/q;+3/t47?,48-,49-,50?;/m0./s1. The third-order valence-corrected chi connectivity index (χ3v) is 17.3. The van der Waals surface area contributed by atoms with Crippen molar-refractivity contribution in [1.82, 2.24) is 55.4 Å². The fourth-order valence-corrected chi connectivity index (χ4v) is 12.1. The number of aliphatic carboxylic acids is 8. The van der Waals surface area contributed by atoms with Crippen molar-refractivity contribution in [2.75, 3.05) is 133 Å². The van der Waals surface area contributed by atoms with Crippen LogP contribution < -0.4 is 31.1 Å². The molecule has 32 heteroatoms. The van der Waals surface area contributed by atoms with Gasteiger partial charge in [0.1, 0.15) is 12.1 Å². The van der Waals surface area contributed by atoms with Gasteiger partial charge in [-0.1, -0.05) is 70.4 Å².